The second-order valence-electron chi connectivity index (χ2n) is 8.01. The largest absolute Gasteiger partial charge is 0.457 e. The normalized spacial score (nSPS) is 10.8. The average molecular weight is 477 g/mol. The third-order valence-electron chi connectivity index (χ3n) is 5.39. The van der Waals surface area contributed by atoms with Crippen LogP contribution in [0.25, 0.3) is 0 Å². The first kappa shape index (κ1) is 22.5. The van der Waals surface area contributed by atoms with E-state index in [0.717, 1.165) is 23.0 Å². The zero-order valence-electron chi connectivity index (χ0n) is 19.0. The zero-order chi connectivity index (χ0) is 24.0. The number of nitrogen functional groups attached to an aromatic ring is 2. The van der Waals surface area contributed by atoms with E-state index in [1.807, 2.05) is 78.9 Å². The lowest BCUT2D eigenvalue weighted by atomic mass is 10.3. The standard InChI is InChI=1S/C30H25N2O2P/c31-22-6-4-8-26(20-22)33-24-12-16-29(17-13-24)35(28-10-2-1-3-11-28)30-18-14-25(15-19-30)34-27-9-5-7-23(32)21-27/h1-21H,31-32H2. The van der Waals surface area contributed by atoms with Crippen molar-refractivity contribution in [3.63, 3.8) is 0 Å². The molecule has 0 saturated carbocycles. The van der Waals surface area contributed by atoms with E-state index in [9.17, 15) is 0 Å². The van der Waals surface area contributed by atoms with Crippen LogP contribution in [0.3, 0.4) is 0 Å². The van der Waals surface area contributed by atoms with Gasteiger partial charge in [0.2, 0.25) is 0 Å². The molecular formula is C30H25N2O2P. The molecule has 0 aliphatic carbocycles. The summed E-state index contributed by atoms with van der Waals surface area (Å²) >= 11 is 0. The Bertz CT molecular complexity index is 1310. The summed E-state index contributed by atoms with van der Waals surface area (Å²) in [7, 11) is -0.751. The number of nitrogens with two attached hydrogens (primary N) is 2. The van der Waals surface area contributed by atoms with Crippen molar-refractivity contribution in [3.05, 3.63) is 127 Å². The first-order valence-corrected chi connectivity index (χ1v) is 12.6. The van der Waals surface area contributed by atoms with Crippen LogP contribution in [0.15, 0.2) is 127 Å². The maximum absolute atomic E-state index is 5.99. The molecule has 5 rings (SSSR count). The molecule has 5 heteroatoms. The molecule has 0 radical (unpaired) electrons. The molecule has 0 aliphatic rings. The number of rotatable bonds is 7. The Hall–Kier alpha value is -4.27. The molecule has 0 aliphatic heterocycles. The van der Waals surface area contributed by atoms with Crippen LogP contribution in [0, 0.1) is 0 Å². The average Bonchev–Trinajstić information content (AvgIpc) is 2.87. The Morgan fingerprint density at radius 1 is 0.400 bits per heavy atom. The maximum Gasteiger partial charge on any atom is 0.129 e. The van der Waals surface area contributed by atoms with E-state index in [-0.39, 0.29) is 0 Å². The van der Waals surface area contributed by atoms with Crippen molar-refractivity contribution < 1.29 is 9.47 Å². The highest BCUT2D eigenvalue weighted by Gasteiger charge is 2.17. The van der Waals surface area contributed by atoms with Crippen molar-refractivity contribution in [3.8, 4) is 23.0 Å². The number of hydrogen-bond donors (Lipinski definition) is 2. The van der Waals surface area contributed by atoms with Crippen LogP contribution in [0.1, 0.15) is 0 Å². The molecule has 4 N–H and O–H groups in total. The van der Waals surface area contributed by atoms with Gasteiger partial charge < -0.3 is 20.9 Å². The first-order chi connectivity index (χ1) is 17.1. The molecule has 5 aromatic carbocycles. The molecule has 0 saturated heterocycles. The summed E-state index contributed by atoms with van der Waals surface area (Å²) in [6.45, 7) is 0. The van der Waals surface area contributed by atoms with E-state index in [0.29, 0.717) is 11.4 Å². The van der Waals surface area contributed by atoms with Gasteiger partial charge in [0.25, 0.3) is 0 Å². The third-order valence-corrected chi connectivity index (χ3v) is 7.84. The maximum atomic E-state index is 5.99. The van der Waals surface area contributed by atoms with Crippen molar-refractivity contribution in [1.29, 1.82) is 0 Å². The molecule has 35 heavy (non-hydrogen) atoms. The van der Waals surface area contributed by atoms with Gasteiger partial charge >= 0.3 is 0 Å². The van der Waals surface area contributed by atoms with Gasteiger partial charge in [-0.25, -0.2) is 0 Å². The minimum atomic E-state index is -0.751. The summed E-state index contributed by atoms with van der Waals surface area (Å²) in [5.41, 5.74) is 13.1. The molecule has 0 aromatic heterocycles. The van der Waals surface area contributed by atoms with Gasteiger partial charge in [0.15, 0.2) is 0 Å². The topological polar surface area (TPSA) is 70.5 Å². The van der Waals surface area contributed by atoms with Crippen LogP contribution in [-0.4, -0.2) is 0 Å². The second-order valence-corrected chi connectivity index (χ2v) is 10.2. The number of benzene rings is 5. The van der Waals surface area contributed by atoms with E-state index in [4.69, 9.17) is 20.9 Å². The van der Waals surface area contributed by atoms with Crippen molar-refractivity contribution in [1.82, 2.24) is 0 Å². The van der Waals surface area contributed by atoms with E-state index in [1.54, 1.807) is 0 Å². The van der Waals surface area contributed by atoms with Crippen molar-refractivity contribution in [2.75, 3.05) is 11.5 Å². The highest BCUT2D eigenvalue weighted by molar-refractivity contribution is 7.79. The van der Waals surface area contributed by atoms with E-state index >= 15 is 0 Å². The predicted molar refractivity (Wildman–Crippen MR) is 147 cm³/mol. The van der Waals surface area contributed by atoms with E-state index < -0.39 is 7.92 Å². The first-order valence-electron chi connectivity index (χ1n) is 11.3. The van der Waals surface area contributed by atoms with Gasteiger partial charge in [-0.05, 0) is 72.4 Å². The second kappa shape index (κ2) is 10.3. The van der Waals surface area contributed by atoms with E-state index in [2.05, 4.69) is 48.5 Å². The highest BCUT2D eigenvalue weighted by atomic mass is 31.1. The predicted octanol–water partition coefficient (Wildman–Crippen LogP) is 6.19. The summed E-state index contributed by atoms with van der Waals surface area (Å²) in [5.74, 6) is 2.99. The molecule has 0 fully saturated rings. The van der Waals surface area contributed by atoms with Gasteiger partial charge in [-0.3, -0.25) is 0 Å². The lowest BCUT2D eigenvalue weighted by Gasteiger charge is -2.20. The molecule has 0 unspecified atom stereocenters. The fourth-order valence-electron chi connectivity index (χ4n) is 3.78. The van der Waals surface area contributed by atoms with Gasteiger partial charge in [0.05, 0.1) is 0 Å². The molecular weight excluding hydrogens is 451 g/mol. The molecule has 172 valence electrons. The fourth-order valence-corrected chi connectivity index (χ4v) is 6.04. The lowest BCUT2D eigenvalue weighted by molar-refractivity contribution is 0.483. The van der Waals surface area contributed by atoms with Crippen molar-refractivity contribution in [2.45, 2.75) is 0 Å². The summed E-state index contributed by atoms with van der Waals surface area (Å²) in [4.78, 5) is 0. The zero-order valence-corrected chi connectivity index (χ0v) is 19.9. The van der Waals surface area contributed by atoms with Crippen LogP contribution in [0.5, 0.6) is 23.0 Å². The number of hydrogen-bond acceptors (Lipinski definition) is 4. The van der Waals surface area contributed by atoms with Gasteiger partial charge in [0, 0.05) is 23.5 Å². The molecule has 4 nitrogen and oxygen atoms in total. The van der Waals surface area contributed by atoms with Crippen LogP contribution in [0.4, 0.5) is 11.4 Å². The van der Waals surface area contributed by atoms with Gasteiger partial charge in [-0.2, -0.15) is 0 Å². The quantitative estimate of drug-likeness (QED) is 0.217. The highest BCUT2D eigenvalue weighted by Crippen LogP contribution is 2.35. The molecule has 0 amide bonds. The van der Waals surface area contributed by atoms with Crippen molar-refractivity contribution >= 4 is 35.2 Å². The van der Waals surface area contributed by atoms with Gasteiger partial charge in [0.1, 0.15) is 23.0 Å². The van der Waals surface area contributed by atoms with E-state index in [1.165, 1.54) is 15.9 Å². The minimum Gasteiger partial charge on any atom is -0.457 e. The Morgan fingerprint density at radius 2 is 0.829 bits per heavy atom. The molecule has 5 aromatic rings. The monoisotopic (exact) mass is 476 g/mol. The fraction of sp³-hybridized carbons (Fsp3) is 0. The van der Waals surface area contributed by atoms with Gasteiger partial charge in [-0.1, -0.05) is 66.7 Å². The molecule has 0 heterocycles. The summed E-state index contributed by atoms with van der Waals surface area (Å²) in [5, 5.41) is 3.74. The Labute approximate surface area is 206 Å². The van der Waals surface area contributed by atoms with Crippen LogP contribution < -0.4 is 36.9 Å². The van der Waals surface area contributed by atoms with Crippen molar-refractivity contribution in [2.24, 2.45) is 0 Å². The smallest absolute Gasteiger partial charge is 0.129 e. The Morgan fingerprint density at radius 3 is 1.26 bits per heavy atom. The Kier molecular flexibility index (Phi) is 6.65. The van der Waals surface area contributed by atoms with Crippen LogP contribution >= 0.6 is 7.92 Å². The van der Waals surface area contributed by atoms with Crippen LogP contribution in [0.2, 0.25) is 0 Å². The van der Waals surface area contributed by atoms with Gasteiger partial charge in [-0.15, -0.1) is 0 Å². The number of ether oxygens (including phenoxy) is 2. The molecule has 0 atom stereocenters. The Balaban J connectivity index is 1.41. The van der Waals surface area contributed by atoms with Crippen LogP contribution in [-0.2, 0) is 0 Å². The minimum absolute atomic E-state index is 0.676. The SMILES string of the molecule is Nc1cccc(Oc2ccc(P(c3ccccc3)c3ccc(Oc4cccc(N)c4)cc3)cc2)c1. The summed E-state index contributed by atoms with van der Waals surface area (Å²) < 4.78 is 12.0. The summed E-state index contributed by atoms with van der Waals surface area (Å²) in [6.07, 6.45) is 0. The number of anilines is 2. The molecule has 0 spiro atoms. The lowest BCUT2D eigenvalue weighted by Crippen LogP contribution is -2.20. The summed E-state index contributed by atoms with van der Waals surface area (Å²) in [6, 6.07) is 42.0. The molecule has 0 bridgehead atoms. The third kappa shape index (κ3) is 5.63.